The topological polar surface area (TPSA) is 38.7 Å². The molecule has 106 valence electrons. The lowest BCUT2D eigenvalue weighted by Gasteiger charge is -2.32. The van der Waals surface area contributed by atoms with Crippen LogP contribution in [0.4, 0.5) is 0 Å². The summed E-state index contributed by atoms with van der Waals surface area (Å²) in [5, 5.41) is 13.3. The van der Waals surface area contributed by atoms with Crippen LogP contribution in [0.5, 0.6) is 0 Å². The maximum absolute atomic E-state index is 10.0. The van der Waals surface area contributed by atoms with Crippen LogP contribution in [0.15, 0.2) is 30.3 Å². The number of piperazine rings is 1. The molecule has 1 aliphatic rings. The predicted octanol–water partition coefficient (Wildman–Crippen LogP) is 0.557. The maximum Gasteiger partial charge on any atom is 0.0914 e. The van der Waals surface area contributed by atoms with E-state index in [1.54, 1.807) is 0 Å². The zero-order valence-corrected chi connectivity index (χ0v) is 11.8. The summed E-state index contributed by atoms with van der Waals surface area (Å²) in [6, 6.07) is 9.82. The van der Waals surface area contributed by atoms with Crippen molar-refractivity contribution in [1.29, 1.82) is 0 Å². The maximum atomic E-state index is 10.0. The molecule has 2 rings (SSSR count). The van der Waals surface area contributed by atoms with Crippen molar-refractivity contribution in [2.45, 2.75) is 6.10 Å². The first-order chi connectivity index (χ1) is 9.25. The van der Waals surface area contributed by atoms with Crippen molar-refractivity contribution in [2.24, 2.45) is 0 Å². The van der Waals surface area contributed by atoms with Gasteiger partial charge in [-0.25, -0.2) is 0 Å². The van der Waals surface area contributed by atoms with E-state index in [1.807, 2.05) is 30.3 Å². The van der Waals surface area contributed by atoms with Gasteiger partial charge in [0.1, 0.15) is 0 Å². The van der Waals surface area contributed by atoms with Crippen LogP contribution in [0, 0.1) is 0 Å². The van der Waals surface area contributed by atoms with Crippen LogP contribution in [0.2, 0.25) is 0 Å². The van der Waals surface area contributed by atoms with Crippen LogP contribution in [0.25, 0.3) is 0 Å². The molecule has 1 heterocycles. The molecule has 2 N–H and O–H groups in total. The molecule has 1 aromatic carbocycles. The molecule has 4 heteroatoms. The molecule has 1 aromatic rings. The van der Waals surface area contributed by atoms with Gasteiger partial charge in [-0.05, 0) is 12.6 Å². The molecule has 0 aliphatic carbocycles. The number of aliphatic hydroxyl groups is 1. The second-order valence-corrected chi connectivity index (χ2v) is 5.28. The van der Waals surface area contributed by atoms with Crippen molar-refractivity contribution >= 4 is 0 Å². The molecule has 1 fully saturated rings. The predicted molar refractivity (Wildman–Crippen MR) is 78.2 cm³/mol. The van der Waals surface area contributed by atoms with Crippen LogP contribution >= 0.6 is 0 Å². The third-order valence-electron chi connectivity index (χ3n) is 3.72. The number of nitrogens with one attached hydrogen (secondary N) is 1. The molecule has 1 atom stereocenters. The zero-order chi connectivity index (χ0) is 13.5. The summed E-state index contributed by atoms with van der Waals surface area (Å²) in [6.45, 7) is 7.25. The number of hydrogen-bond acceptors (Lipinski definition) is 4. The molecule has 1 unspecified atom stereocenters. The highest BCUT2D eigenvalue weighted by Crippen LogP contribution is 2.10. The van der Waals surface area contributed by atoms with Gasteiger partial charge in [-0.3, -0.25) is 4.90 Å². The van der Waals surface area contributed by atoms with E-state index < -0.39 is 6.10 Å². The number of hydrogen-bond donors (Lipinski definition) is 2. The molecule has 4 nitrogen and oxygen atoms in total. The summed E-state index contributed by atoms with van der Waals surface area (Å²) < 4.78 is 0. The fourth-order valence-electron chi connectivity index (χ4n) is 2.34. The molecule has 0 spiro atoms. The van der Waals surface area contributed by atoms with Crippen LogP contribution in [0.1, 0.15) is 11.7 Å². The number of nitrogens with zero attached hydrogens (tertiary/aromatic N) is 2. The lowest BCUT2D eigenvalue weighted by molar-refractivity contribution is 0.147. The van der Waals surface area contributed by atoms with Gasteiger partial charge in [0.15, 0.2) is 0 Å². The summed E-state index contributed by atoms with van der Waals surface area (Å²) in [5.41, 5.74) is 0.981. The van der Waals surface area contributed by atoms with E-state index >= 15 is 0 Å². The van der Waals surface area contributed by atoms with Crippen molar-refractivity contribution in [1.82, 2.24) is 15.1 Å². The molecule has 0 amide bonds. The van der Waals surface area contributed by atoms with Gasteiger partial charge < -0.3 is 15.3 Å². The standard InChI is InChI=1S/C15H25N3O/c1-17-9-11-18(12-10-17)8-7-16-13-15(19)14-5-3-2-4-6-14/h2-6,15-16,19H,7-13H2,1H3. The Bertz CT molecular complexity index is 350. The van der Waals surface area contributed by atoms with Gasteiger partial charge in [-0.1, -0.05) is 30.3 Å². The Morgan fingerprint density at radius 2 is 1.84 bits per heavy atom. The van der Waals surface area contributed by atoms with E-state index in [2.05, 4.69) is 22.2 Å². The number of likely N-dealkylation sites (N-methyl/N-ethyl adjacent to an activating group) is 1. The lowest BCUT2D eigenvalue weighted by atomic mass is 10.1. The van der Waals surface area contributed by atoms with E-state index in [0.29, 0.717) is 6.54 Å². The van der Waals surface area contributed by atoms with Crippen molar-refractivity contribution in [3.8, 4) is 0 Å². The minimum atomic E-state index is -0.409. The monoisotopic (exact) mass is 263 g/mol. The largest absolute Gasteiger partial charge is 0.387 e. The molecular formula is C15H25N3O. The summed E-state index contributed by atoms with van der Waals surface area (Å²) in [4.78, 5) is 4.84. The van der Waals surface area contributed by atoms with Crippen LogP contribution < -0.4 is 5.32 Å². The van der Waals surface area contributed by atoms with Crippen molar-refractivity contribution in [3.05, 3.63) is 35.9 Å². The Labute approximate surface area is 116 Å². The molecule has 19 heavy (non-hydrogen) atoms. The van der Waals surface area contributed by atoms with E-state index in [4.69, 9.17) is 0 Å². The molecule has 1 aliphatic heterocycles. The van der Waals surface area contributed by atoms with Crippen LogP contribution in [-0.2, 0) is 0 Å². The summed E-state index contributed by atoms with van der Waals surface area (Å²) in [7, 11) is 2.17. The quantitative estimate of drug-likeness (QED) is 0.736. The molecule has 1 saturated heterocycles. The SMILES string of the molecule is CN1CCN(CCNCC(O)c2ccccc2)CC1. The Morgan fingerprint density at radius 1 is 1.16 bits per heavy atom. The first-order valence-electron chi connectivity index (χ1n) is 7.10. The van der Waals surface area contributed by atoms with Gasteiger partial charge >= 0.3 is 0 Å². The Morgan fingerprint density at radius 3 is 2.53 bits per heavy atom. The minimum absolute atomic E-state index is 0.409. The average molecular weight is 263 g/mol. The van der Waals surface area contributed by atoms with Crippen LogP contribution in [-0.4, -0.2) is 67.8 Å². The van der Waals surface area contributed by atoms with Gasteiger partial charge in [0.2, 0.25) is 0 Å². The second-order valence-electron chi connectivity index (χ2n) is 5.28. The van der Waals surface area contributed by atoms with Crippen molar-refractivity contribution in [2.75, 3.05) is 52.9 Å². The van der Waals surface area contributed by atoms with E-state index in [1.165, 1.54) is 0 Å². The van der Waals surface area contributed by atoms with Crippen molar-refractivity contribution < 1.29 is 5.11 Å². The number of rotatable bonds is 6. The highest BCUT2D eigenvalue weighted by atomic mass is 16.3. The average Bonchev–Trinajstić information content (AvgIpc) is 2.46. The number of benzene rings is 1. The third-order valence-corrected chi connectivity index (χ3v) is 3.72. The van der Waals surface area contributed by atoms with E-state index in [9.17, 15) is 5.11 Å². The third kappa shape index (κ3) is 4.91. The van der Waals surface area contributed by atoms with Gasteiger partial charge in [-0.2, -0.15) is 0 Å². The summed E-state index contributed by atoms with van der Waals surface area (Å²) in [5.74, 6) is 0. The van der Waals surface area contributed by atoms with Gasteiger partial charge in [0, 0.05) is 45.8 Å². The minimum Gasteiger partial charge on any atom is -0.387 e. The highest BCUT2D eigenvalue weighted by Gasteiger charge is 2.13. The summed E-state index contributed by atoms with van der Waals surface area (Å²) >= 11 is 0. The lowest BCUT2D eigenvalue weighted by Crippen LogP contribution is -2.46. The first kappa shape index (κ1) is 14.5. The zero-order valence-electron chi connectivity index (χ0n) is 11.8. The van der Waals surface area contributed by atoms with E-state index in [0.717, 1.165) is 44.8 Å². The first-order valence-corrected chi connectivity index (χ1v) is 7.10. The smallest absolute Gasteiger partial charge is 0.0914 e. The van der Waals surface area contributed by atoms with Crippen LogP contribution in [0.3, 0.4) is 0 Å². The molecule has 0 bridgehead atoms. The highest BCUT2D eigenvalue weighted by molar-refractivity contribution is 5.17. The Balaban J connectivity index is 1.59. The van der Waals surface area contributed by atoms with E-state index in [-0.39, 0.29) is 0 Å². The Kier molecular flexibility index (Phi) is 5.79. The number of aliphatic hydroxyl groups excluding tert-OH is 1. The van der Waals surface area contributed by atoms with Gasteiger partial charge in [0.25, 0.3) is 0 Å². The fraction of sp³-hybridized carbons (Fsp3) is 0.600. The molecular weight excluding hydrogens is 238 g/mol. The van der Waals surface area contributed by atoms with Crippen molar-refractivity contribution in [3.63, 3.8) is 0 Å². The van der Waals surface area contributed by atoms with Gasteiger partial charge in [-0.15, -0.1) is 0 Å². The fourth-order valence-corrected chi connectivity index (χ4v) is 2.34. The summed E-state index contributed by atoms with van der Waals surface area (Å²) in [6.07, 6.45) is -0.409. The molecule has 0 radical (unpaired) electrons. The normalized spacial score (nSPS) is 19.5. The molecule has 0 aromatic heterocycles. The Hall–Kier alpha value is -0.940. The second kappa shape index (κ2) is 7.60. The van der Waals surface area contributed by atoms with Gasteiger partial charge in [0.05, 0.1) is 6.10 Å². The molecule has 0 saturated carbocycles.